The average molecular weight is 431 g/mol. The average Bonchev–Trinajstić information content (AvgIpc) is 3.14. The number of nitrogens with one attached hydrogen (secondary N) is 1. The lowest BCUT2D eigenvalue weighted by Gasteiger charge is -2.43. The third-order valence-electron chi connectivity index (χ3n) is 7.76. The standard InChI is InChI=1S/C25H38N2O4/c1-31-20-10-9-18-11-15-27(24(21(18)16-20)19-6-3-2-4-7-19)23(29)17-26-14-13-25(30)12-5-8-22(25)28/h9-10,16,19,22,24,26,28,30H,2-8,11-15,17H2,1H3/t22-,24?,25-/m1/s1. The van der Waals surface area contributed by atoms with Gasteiger partial charge in [0.25, 0.3) is 0 Å². The lowest BCUT2D eigenvalue weighted by Crippen LogP contribution is -2.47. The number of fused-ring (bicyclic) bond motifs is 1. The first kappa shape index (κ1) is 22.6. The molecule has 0 aromatic heterocycles. The van der Waals surface area contributed by atoms with Gasteiger partial charge in [0.1, 0.15) is 5.75 Å². The number of carbonyl (C=O) groups is 1. The van der Waals surface area contributed by atoms with Gasteiger partial charge < -0.3 is 25.2 Å². The Hall–Kier alpha value is -1.63. The maximum Gasteiger partial charge on any atom is 0.237 e. The molecule has 1 aliphatic heterocycles. The Morgan fingerprint density at radius 3 is 2.74 bits per heavy atom. The number of aliphatic hydroxyl groups is 2. The second kappa shape index (κ2) is 9.88. The fourth-order valence-corrected chi connectivity index (χ4v) is 5.92. The third kappa shape index (κ3) is 4.91. The molecule has 31 heavy (non-hydrogen) atoms. The molecule has 4 rings (SSSR count). The van der Waals surface area contributed by atoms with Crippen LogP contribution in [0, 0.1) is 5.92 Å². The van der Waals surface area contributed by atoms with E-state index in [1.807, 2.05) is 6.07 Å². The summed E-state index contributed by atoms with van der Waals surface area (Å²) >= 11 is 0. The van der Waals surface area contributed by atoms with Crippen LogP contribution < -0.4 is 10.1 Å². The summed E-state index contributed by atoms with van der Waals surface area (Å²) in [5.74, 6) is 1.48. The van der Waals surface area contributed by atoms with Crippen molar-refractivity contribution in [1.29, 1.82) is 0 Å². The van der Waals surface area contributed by atoms with Crippen molar-refractivity contribution >= 4 is 5.91 Å². The van der Waals surface area contributed by atoms with Gasteiger partial charge in [0, 0.05) is 6.54 Å². The van der Waals surface area contributed by atoms with Gasteiger partial charge in [-0.15, -0.1) is 0 Å². The summed E-state index contributed by atoms with van der Waals surface area (Å²) in [5.41, 5.74) is 1.60. The monoisotopic (exact) mass is 430 g/mol. The van der Waals surface area contributed by atoms with Gasteiger partial charge in [-0.05, 0) is 80.7 Å². The lowest BCUT2D eigenvalue weighted by atomic mass is 9.77. The van der Waals surface area contributed by atoms with E-state index < -0.39 is 11.7 Å². The highest BCUT2D eigenvalue weighted by molar-refractivity contribution is 5.79. The molecule has 3 aliphatic rings. The SMILES string of the molecule is COc1ccc2c(c1)C(C1CCCCC1)N(C(=O)CNCC[C@]1(O)CCC[C@H]1O)CC2. The van der Waals surface area contributed by atoms with Crippen LogP contribution in [0.3, 0.4) is 0 Å². The number of aliphatic hydroxyl groups excluding tert-OH is 1. The van der Waals surface area contributed by atoms with Gasteiger partial charge in [0.15, 0.2) is 0 Å². The van der Waals surface area contributed by atoms with Crippen molar-refractivity contribution < 1.29 is 19.7 Å². The number of carbonyl (C=O) groups excluding carboxylic acids is 1. The number of methoxy groups -OCH3 is 1. The Balaban J connectivity index is 1.43. The van der Waals surface area contributed by atoms with E-state index in [1.165, 1.54) is 43.2 Å². The maximum absolute atomic E-state index is 13.3. The Kier molecular flexibility index (Phi) is 7.19. The Labute approximate surface area is 186 Å². The van der Waals surface area contributed by atoms with Gasteiger partial charge in [0.05, 0.1) is 31.4 Å². The van der Waals surface area contributed by atoms with Crippen molar-refractivity contribution in [1.82, 2.24) is 10.2 Å². The Morgan fingerprint density at radius 2 is 2.03 bits per heavy atom. The Morgan fingerprint density at radius 1 is 1.23 bits per heavy atom. The van der Waals surface area contributed by atoms with E-state index in [0.29, 0.717) is 31.7 Å². The van der Waals surface area contributed by atoms with Crippen LogP contribution in [0.5, 0.6) is 5.75 Å². The normalized spacial score (nSPS) is 29.1. The van der Waals surface area contributed by atoms with Crippen molar-refractivity contribution in [3.8, 4) is 5.75 Å². The molecule has 0 radical (unpaired) electrons. The molecule has 1 amide bonds. The van der Waals surface area contributed by atoms with Crippen molar-refractivity contribution in [3.05, 3.63) is 29.3 Å². The summed E-state index contributed by atoms with van der Waals surface area (Å²) in [6.45, 7) is 1.56. The molecule has 6 heteroatoms. The van der Waals surface area contributed by atoms with E-state index >= 15 is 0 Å². The predicted octanol–water partition coefficient (Wildman–Crippen LogP) is 2.96. The lowest BCUT2D eigenvalue weighted by molar-refractivity contribution is -0.135. The van der Waals surface area contributed by atoms with E-state index in [1.54, 1.807) is 7.11 Å². The molecule has 0 bridgehead atoms. The first-order valence-corrected chi connectivity index (χ1v) is 12.1. The fourth-order valence-electron chi connectivity index (χ4n) is 5.92. The maximum atomic E-state index is 13.3. The zero-order valence-electron chi connectivity index (χ0n) is 18.8. The third-order valence-corrected chi connectivity index (χ3v) is 7.76. The molecule has 1 heterocycles. The van der Waals surface area contributed by atoms with Crippen molar-refractivity contribution in [3.63, 3.8) is 0 Å². The van der Waals surface area contributed by atoms with Gasteiger partial charge in [0.2, 0.25) is 5.91 Å². The number of amides is 1. The largest absolute Gasteiger partial charge is 0.497 e. The summed E-state index contributed by atoms with van der Waals surface area (Å²) in [5, 5.41) is 23.8. The van der Waals surface area contributed by atoms with Crippen LogP contribution in [0.2, 0.25) is 0 Å². The van der Waals surface area contributed by atoms with Gasteiger partial charge in [-0.3, -0.25) is 4.79 Å². The topological polar surface area (TPSA) is 82.0 Å². The molecule has 1 aromatic carbocycles. The zero-order chi connectivity index (χ0) is 21.8. The second-order valence-corrected chi connectivity index (χ2v) is 9.68. The van der Waals surface area contributed by atoms with Crippen molar-refractivity contribution in [2.75, 3.05) is 26.7 Å². The van der Waals surface area contributed by atoms with Crippen LogP contribution in [0.15, 0.2) is 18.2 Å². The molecule has 3 atom stereocenters. The molecule has 2 saturated carbocycles. The molecular formula is C25H38N2O4. The molecule has 1 aromatic rings. The molecule has 0 spiro atoms. The van der Waals surface area contributed by atoms with Crippen LogP contribution in [0.4, 0.5) is 0 Å². The van der Waals surface area contributed by atoms with Gasteiger partial charge in [-0.2, -0.15) is 0 Å². The second-order valence-electron chi connectivity index (χ2n) is 9.68. The van der Waals surface area contributed by atoms with Gasteiger partial charge >= 0.3 is 0 Å². The van der Waals surface area contributed by atoms with Crippen LogP contribution in [-0.2, 0) is 11.2 Å². The molecule has 1 unspecified atom stereocenters. The summed E-state index contributed by atoms with van der Waals surface area (Å²) < 4.78 is 5.50. The highest BCUT2D eigenvalue weighted by atomic mass is 16.5. The Bertz CT molecular complexity index is 764. The summed E-state index contributed by atoms with van der Waals surface area (Å²) in [6.07, 6.45) is 8.97. The highest BCUT2D eigenvalue weighted by Crippen LogP contribution is 2.43. The summed E-state index contributed by atoms with van der Waals surface area (Å²) in [6, 6.07) is 6.45. The minimum atomic E-state index is -0.999. The van der Waals surface area contributed by atoms with E-state index in [9.17, 15) is 15.0 Å². The smallest absolute Gasteiger partial charge is 0.237 e. The number of ether oxygens (including phenoxy) is 1. The summed E-state index contributed by atoms with van der Waals surface area (Å²) in [7, 11) is 1.70. The van der Waals surface area contributed by atoms with E-state index in [2.05, 4.69) is 22.3 Å². The zero-order valence-corrected chi connectivity index (χ0v) is 18.8. The van der Waals surface area contributed by atoms with Crippen LogP contribution >= 0.6 is 0 Å². The van der Waals surface area contributed by atoms with E-state index in [4.69, 9.17) is 4.74 Å². The number of hydrogen-bond acceptors (Lipinski definition) is 5. The molecule has 6 nitrogen and oxygen atoms in total. The number of benzene rings is 1. The molecule has 3 N–H and O–H groups in total. The summed E-state index contributed by atoms with van der Waals surface area (Å²) in [4.78, 5) is 15.4. The fraction of sp³-hybridized carbons (Fsp3) is 0.720. The number of nitrogens with zero attached hydrogens (tertiary/aromatic N) is 1. The van der Waals surface area contributed by atoms with Crippen molar-refractivity contribution in [2.24, 2.45) is 5.92 Å². The first-order chi connectivity index (χ1) is 15.0. The molecular weight excluding hydrogens is 392 g/mol. The van der Waals surface area contributed by atoms with E-state index in [0.717, 1.165) is 25.1 Å². The van der Waals surface area contributed by atoms with Gasteiger partial charge in [-0.1, -0.05) is 25.3 Å². The van der Waals surface area contributed by atoms with Crippen LogP contribution in [0.25, 0.3) is 0 Å². The minimum absolute atomic E-state index is 0.120. The first-order valence-electron chi connectivity index (χ1n) is 12.1. The van der Waals surface area contributed by atoms with Gasteiger partial charge in [-0.25, -0.2) is 0 Å². The van der Waals surface area contributed by atoms with Crippen LogP contribution in [-0.4, -0.2) is 59.5 Å². The number of rotatable bonds is 7. The predicted molar refractivity (Wildman–Crippen MR) is 120 cm³/mol. The highest BCUT2D eigenvalue weighted by Gasteiger charge is 2.40. The molecule has 2 fully saturated rings. The number of hydrogen-bond donors (Lipinski definition) is 3. The van der Waals surface area contributed by atoms with E-state index in [-0.39, 0.29) is 18.5 Å². The molecule has 172 valence electrons. The minimum Gasteiger partial charge on any atom is -0.497 e. The molecule has 2 aliphatic carbocycles. The quantitative estimate of drug-likeness (QED) is 0.580. The van der Waals surface area contributed by atoms with Crippen LogP contribution in [0.1, 0.15) is 75.0 Å². The van der Waals surface area contributed by atoms with Crippen molar-refractivity contribution in [2.45, 2.75) is 82.0 Å². The molecule has 0 saturated heterocycles.